The molecule has 0 aliphatic carbocycles. The molecule has 2 heterocycles. The molecule has 4 rings (SSSR count). The van der Waals surface area contributed by atoms with Crippen molar-refractivity contribution in [1.82, 2.24) is 19.7 Å². The van der Waals surface area contributed by atoms with E-state index in [1.165, 1.54) is 23.1 Å². The molecule has 0 radical (unpaired) electrons. The molecule has 2 aromatic heterocycles. The summed E-state index contributed by atoms with van der Waals surface area (Å²) in [5.41, 5.74) is 1.91. The lowest BCUT2D eigenvalue weighted by Crippen LogP contribution is -2.14. The Labute approximate surface area is 205 Å². The minimum Gasteiger partial charge on any atom is -0.481 e. The minimum absolute atomic E-state index is 0.154. The molecule has 0 aliphatic rings. The van der Waals surface area contributed by atoms with E-state index < -0.39 is 0 Å². The molecule has 0 spiro atoms. The number of carbonyl (C=O) groups is 1. The number of halogens is 1. The zero-order chi connectivity index (χ0) is 23.4. The van der Waals surface area contributed by atoms with Crippen molar-refractivity contribution in [3.8, 4) is 17.0 Å². The van der Waals surface area contributed by atoms with E-state index in [1.54, 1.807) is 12.1 Å². The van der Waals surface area contributed by atoms with Crippen LogP contribution < -0.4 is 10.1 Å². The predicted molar refractivity (Wildman–Crippen MR) is 133 cm³/mol. The van der Waals surface area contributed by atoms with Crippen molar-refractivity contribution in [2.75, 3.05) is 11.1 Å². The number of aryl methyl sites for hydroxylation is 1. The summed E-state index contributed by atoms with van der Waals surface area (Å²) in [6.45, 7) is 3.88. The monoisotopic (exact) mass is 499 g/mol. The van der Waals surface area contributed by atoms with Gasteiger partial charge in [-0.05, 0) is 26.0 Å². The third-order valence-electron chi connectivity index (χ3n) is 4.80. The number of hydrogen-bond acceptors (Lipinski definition) is 7. The number of ether oxygens (including phenoxy) is 1. The second-order valence-electron chi connectivity index (χ2n) is 7.22. The van der Waals surface area contributed by atoms with Crippen LogP contribution in [0.4, 0.5) is 5.13 Å². The van der Waals surface area contributed by atoms with Crippen LogP contribution in [-0.4, -0.2) is 31.4 Å². The summed E-state index contributed by atoms with van der Waals surface area (Å²) in [5.74, 6) is 1.25. The average Bonchev–Trinajstić information content (AvgIpc) is 3.36. The maximum Gasteiger partial charge on any atom is 0.236 e. The first kappa shape index (κ1) is 23.3. The van der Waals surface area contributed by atoms with E-state index in [9.17, 15) is 4.79 Å². The number of thiazole rings is 1. The van der Waals surface area contributed by atoms with Gasteiger partial charge in [-0.1, -0.05) is 65.8 Å². The van der Waals surface area contributed by atoms with Gasteiger partial charge in [-0.2, -0.15) is 0 Å². The second-order valence-corrected chi connectivity index (χ2v) is 9.77. The Kier molecular flexibility index (Phi) is 7.32. The Hall–Kier alpha value is -2.88. The fourth-order valence-corrected chi connectivity index (χ4v) is 4.94. The fraction of sp³-hybridized carbons (Fsp3) is 0.217. The van der Waals surface area contributed by atoms with Gasteiger partial charge in [0.15, 0.2) is 22.2 Å². The van der Waals surface area contributed by atoms with Gasteiger partial charge in [0.2, 0.25) is 5.91 Å². The van der Waals surface area contributed by atoms with Crippen molar-refractivity contribution >= 4 is 45.7 Å². The summed E-state index contributed by atoms with van der Waals surface area (Å²) in [5, 5.41) is 13.1. The summed E-state index contributed by atoms with van der Waals surface area (Å²) in [7, 11) is 1.85. The van der Waals surface area contributed by atoms with Gasteiger partial charge in [-0.25, -0.2) is 4.98 Å². The largest absolute Gasteiger partial charge is 0.481 e. The van der Waals surface area contributed by atoms with Crippen LogP contribution in [0.15, 0.2) is 59.8 Å². The highest BCUT2D eigenvalue weighted by Crippen LogP contribution is 2.31. The molecule has 0 saturated carbocycles. The van der Waals surface area contributed by atoms with Crippen molar-refractivity contribution in [3.05, 3.63) is 70.3 Å². The van der Waals surface area contributed by atoms with E-state index in [4.69, 9.17) is 16.3 Å². The number of aromatic nitrogens is 4. The van der Waals surface area contributed by atoms with E-state index in [-0.39, 0.29) is 17.8 Å². The number of nitrogens with one attached hydrogen (secondary N) is 1. The standard InChI is InChI=1S/C23H22ClN5O2S2/c1-14(31-18-12-8-7-11-17(18)24)21-27-28-23(29(21)3)32-13-19(30)25-22-26-20(15(2)33-22)16-9-5-4-6-10-16/h4-12,14H,13H2,1-3H3,(H,25,26,30)/t14-/m1/s1. The number of hydrogen-bond donors (Lipinski definition) is 1. The lowest BCUT2D eigenvalue weighted by atomic mass is 10.1. The number of para-hydroxylation sites is 1. The molecule has 1 amide bonds. The first-order chi connectivity index (χ1) is 15.9. The van der Waals surface area contributed by atoms with Crippen LogP contribution in [0.5, 0.6) is 5.75 Å². The molecule has 0 saturated heterocycles. The first-order valence-electron chi connectivity index (χ1n) is 10.2. The van der Waals surface area contributed by atoms with Gasteiger partial charge in [0.05, 0.1) is 16.5 Å². The van der Waals surface area contributed by atoms with Gasteiger partial charge in [0.25, 0.3) is 0 Å². The average molecular weight is 500 g/mol. The predicted octanol–water partition coefficient (Wildman–Crippen LogP) is 5.77. The summed E-state index contributed by atoms with van der Waals surface area (Å²) < 4.78 is 7.75. The van der Waals surface area contributed by atoms with Gasteiger partial charge in [0, 0.05) is 17.5 Å². The van der Waals surface area contributed by atoms with Crippen molar-refractivity contribution in [2.45, 2.75) is 25.1 Å². The van der Waals surface area contributed by atoms with Crippen molar-refractivity contribution in [1.29, 1.82) is 0 Å². The molecule has 33 heavy (non-hydrogen) atoms. The molecule has 2 aromatic carbocycles. The smallest absolute Gasteiger partial charge is 0.236 e. The van der Waals surface area contributed by atoms with E-state index >= 15 is 0 Å². The Morgan fingerprint density at radius 2 is 1.91 bits per heavy atom. The number of rotatable bonds is 8. The molecule has 0 fully saturated rings. The molecule has 0 unspecified atom stereocenters. The first-order valence-corrected chi connectivity index (χ1v) is 12.4. The lowest BCUT2D eigenvalue weighted by Gasteiger charge is -2.15. The summed E-state index contributed by atoms with van der Waals surface area (Å²) >= 11 is 8.94. The highest BCUT2D eigenvalue weighted by molar-refractivity contribution is 7.99. The number of anilines is 1. The number of nitrogens with zero attached hydrogens (tertiary/aromatic N) is 4. The van der Waals surface area contributed by atoms with E-state index in [0.29, 0.717) is 26.9 Å². The van der Waals surface area contributed by atoms with Crippen molar-refractivity contribution < 1.29 is 9.53 Å². The topological polar surface area (TPSA) is 81.9 Å². The molecule has 10 heteroatoms. The molecular weight excluding hydrogens is 478 g/mol. The normalized spacial score (nSPS) is 11.9. The minimum atomic E-state index is -0.361. The summed E-state index contributed by atoms with van der Waals surface area (Å²) in [6.07, 6.45) is -0.361. The van der Waals surface area contributed by atoms with Crippen LogP contribution in [0.1, 0.15) is 23.7 Å². The van der Waals surface area contributed by atoms with Gasteiger partial charge >= 0.3 is 0 Å². The summed E-state index contributed by atoms with van der Waals surface area (Å²) in [6, 6.07) is 17.2. The van der Waals surface area contributed by atoms with Gasteiger partial charge in [0.1, 0.15) is 5.75 Å². The number of thioether (sulfide) groups is 1. The Bertz CT molecular complexity index is 1260. The van der Waals surface area contributed by atoms with Gasteiger partial charge in [-0.15, -0.1) is 21.5 Å². The fourth-order valence-electron chi connectivity index (χ4n) is 3.19. The Morgan fingerprint density at radius 3 is 2.67 bits per heavy atom. The Morgan fingerprint density at radius 1 is 1.18 bits per heavy atom. The second kappa shape index (κ2) is 10.4. The third-order valence-corrected chi connectivity index (χ3v) is 7.01. The van der Waals surface area contributed by atoms with Crippen LogP contribution in [0.25, 0.3) is 11.3 Å². The SMILES string of the molecule is Cc1sc(NC(=O)CSc2nnc([C@@H](C)Oc3ccccc3Cl)n2C)nc1-c1ccccc1. The lowest BCUT2D eigenvalue weighted by molar-refractivity contribution is -0.113. The highest BCUT2D eigenvalue weighted by Gasteiger charge is 2.19. The van der Waals surface area contributed by atoms with Gasteiger partial charge < -0.3 is 14.6 Å². The number of carbonyl (C=O) groups excluding carboxylic acids is 1. The number of benzene rings is 2. The van der Waals surface area contributed by atoms with Crippen LogP contribution in [0.2, 0.25) is 5.02 Å². The maximum absolute atomic E-state index is 12.5. The quantitative estimate of drug-likeness (QED) is 0.310. The molecule has 0 bridgehead atoms. The van der Waals surface area contributed by atoms with Crippen LogP contribution >= 0.6 is 34.7 Å². The molecule has 4 aromatic rings. The van der Waals surface area contributed by atoms with Gasteiger partial charge in [-0.3, -0.25) is 4.79 Å². The molecular formula is C23H22ClN5O2S2. The zero-order valence-corrected chi connectivity index (χ0v) is 20.7. The van der Waals surface area contributed by atoms with Crippen LogP contribution in [0, 0.1) is 6.92 Å². The Balaban J connectivity index is 1.36. The van der Waals surface area contributed by atoms with E-state index in [2.05, 4.69) is 20.5 Å². The number of amides is 1. The maximum atomic E-state index is 12.5. The van der Waals surface area contributed by atoms with Crippen LogP contribution in [-0.2, 0) is 11.8 Å². The van der Waals surface area contributed by atoms with Crippen molar-refractivity contribution in [2.24, 2.45) is 7.05 Å². The highest BCUT2D eigenvalue weighted by atomic mass is 35.5. The van der Waals surface area contributed by atoms with Crippen LogP contribution in [0.3, 0.4) is 0 Å². The molecule has 7 nitrogen and oxygen atoms in total. The van der Waals surface area contributed by atoms with E-state index in [1.807, 2.05) is 67.9 Å². The molecule has 170 valence electrons. The van der Waals surface area contributed by atoms with Crippen molar-refractivity contribution in [3.63, 3.8) is 0 Å². The molecule has 0 aliphatic heterocycles. The zero-order valence-electron chi connectivity index (χ0n) is 18.3. The molecule has 1 atom stereocenters. The third kappa shape index (κ3) is 5.55. The van der Waals surface area contributed by atoms with E-state index in [0.717, 1.165) is 16.1 Å². The molecule has 1 N–H and O–H groups in total. The summed E-state index contributed by atoms with van der Waals surface area (Å²) in [4.78, 5) is 18.1.